The summed E-state index contributed by atoms with van der Waals surface area (Å²) < 4.78 is 15.5. The summed E-state index contributed by atoms with van der Waals surface area (Å²) in [5.41, 5.74) is 2.42. The number of carbonyl (C=O) groups is 1. The number of hydrogen-bond acceptors (Lipinski definition) is 5. The molecule has 3 heterocycles. The van der Waals surface area contributed by atoms with E-state index in [9.17, 15) is 14.0 Å². The van der Waals surface area contributed by atoms with Crippen molar-refractivity contribution in [3.8, 4) is 11.3 Å². The Hall–Kier alpha value is -4.01. The van der Waals surface area contributed by atoms with Crippen molar-refractivity contribution >= 4 is 17.2 Å². The topological polar surface area (TPSA) is 75.7 Å². The molecule has 1 aliphatic heterocycles. The maximum absolute atomic E-state index is 13.1. The maximum atomic E-state index is 13.1. The van der Waals surface area contributed by atoms with E-state index in [1.54, 1.807) is 29.2 Å². The van der Waals surface area contributed by atoms with Crippen molar-refractivity contribution in [3.63, 3.8) is 0 Å². The van der Waals surface area contributed by atoms with E-state index in [2.05, 4.69) is 15.1 Å². The number of benzene rings is 2. The van der Waals surface area contributed by atoms with Gasteiger partial charge in [0, 0.05) is 37.4 Å². The highest BCUT2D eigenvalue weighted by atomic mass is 19.1. The summed E-state index contributed by atoms with van der Waals surface area (Å²) in [7, 11) is 0. The molecule has 2 aromatic heterocycles. The zero-order chi connectivity index (χ0) is 22.1. The van der Waals surface area contributed by atoms with Gasteiger partial charge < -0.3 is 9.80 Å². The summed E-state index contributed by atoms with van der Waals surface area (Å²) in [6, 6.07) is 19.4. The second-order valence-corrected chi connectivity index (χ2v) is 7.64. The van der Waals surface area contributed by atoms with Gasteiger partial charge in [0.2, 0.25) is 5.91 Å². The van der Waals surface area contributed by atoms with Gasteiger partial charge in [-0.15, -0.1) is 5.10 Å². The first-order valence-electron chi connectivity index (χ1n) is 10.4. The molecule has 162 valence electrons. The molecular weight excluding hydrogens is 411 g/mol. The van der Waals surface area contributed by atoms with Gasteiger partial charge in [-0.25, -0.2) is 13.9 Å². The fourth-order valence-corrected chi connectivity index (χ4v) is 3.87. The van der Waals surface area contributed by atoms with Crippen LogP contribution < -0.4 is 10.6 Å². The number of fused-ring (bicyclic) bond motifs is 1. The standard InChI is InChI=1S/C23H21FN6O2/c24-18-6-8-19(9-7-18)27-12-14-28(15-13-27)22(31)16-29-23(32)30-21(26-29)11-10-20(25-30)17-4-2-1-3-5-17/h1-11H,12-16H2. The Bertz CT molecular complexity index is 1310. The zero-order valence-corrected chi connectivity index (χ0v) is 17.3. The molecule has 1 fully saturated rings. The lowest BCUT2D eigenvalue weighted by molar-refractivity contribution is -0.132. The number of rotatable bonds is 4. The van der Waals surface area contributed by atoms with E-state index < -0.39 is 5.69 Å². The summed E-state index contributed by atoms with van der Waals surface area (Å²) >= 11 is 0. The molecule has 8 nitrogen and oxygen atoms in total. The number of amides is 1. The Morgan fingerprint density at radius 3 is 2.31 bits per heavy atom. The molecule has 1 amide bonds. The van der Waals surface area contributed by atoms with Gasteiger partial charge in [-0.05, 0) is 36.4 Å². The lowest BCUT2D eigenvalue weighted by Gasteiger charge is -2.36. The predicted molar refractivity (Wildman–Crippen MR) is 118 cm³/mol. The Balaban J connectivity index is 1.28. The Morgan fingerprint density at radius 2 is 1.59 bits per heavy atom. The van der Waals surface area contributed by atoms with E-state index in [1.165, 1.54) is 16.6 Å². The lowest BCUT2D eigenvalue weighted by Crippen LogP contribution is -2.50. The minimum atomic E-state index is -0.448. The molecule has 2 aromatic carbocycles. The van der Waals surface area contributed by atoms with Crippen molar-refractivity contribution in [1.82, 2.24) is 24.3 Å². The van der Waals surface area contributed by atoms with Crippen molar-refractivity contribution in [2.45, 2.75) is 6.54 Å². The first kappa shape index (κ1) is 19.9. The molecule has 0 aliphatic carbocycles. The van der Waals surface area contributed by atoms with Crippen LogP contribution in [-0.2, 0) is 11.3 Å². The molecule has 0 radical (unpaired) electrons. The molecule has 4 aromatic rings. The molecule has 0 atom stereocenters. The van der Waals surface area contributed by atoms with Crippen LogP contribution in [-0.4, -0.2) is 56.4 Å². The number of hydrogen-bond donors (Lipinski definition) is 0. The van der Waals surface area contributed by atoms with Crippen molar-refractivity contribution < 1.29 is 9.18 Å². The van der Waals surface area contributed by atoms with E-state index in [-0.39, 0.29) is 18.3 Å². The molecule has 0 saturated carbocycles. The second-order valence-electron chi connectivity index (χ2n) is 7.64. The summed E-state index contributed by atoms with van der Waals surface area (Å²) in [5.74, 6) is -0.441. The molecule has 0 spiro atoms. The summed E-state index contributed by atoms with van der Waals surface area (Å²) in [6.07, 6.45) is 0. The maximum Gasteiger partial charge on any atom is 0.367 e. The minimum absolute atomic E-state index is 0.139. The van der Waals surface area contributed by atoms with Crippen molar-refractivity contribution in [2.75, 3.05) is 31.1 Å². The van der Waals surface area contributed by atoms with Crippen LogP contribution in [0, 0.1) is 5.82 Å². The third kappa shape index (κ3) is 3.84. The third-order valence-corrected chi connectivity index (χ3v) is 5.62. The molecule has 0 N–H and O–H groups in total. The fourth-order valence-electron chi connectivity index (χ4n) is 3.87. The lowest BCUT2D eigenvalue weighted by atomic mass is 10.1. The Morgan fingerprint density at radius 1 is 0.875 bits per heavy atom. The number of piperazine rings is 1. The van der Waals surface area contributed by atoms with Gasteiger partial charge in [0.25, 0.3) is 0 Å². The fraction of sp³-hybridized carbons (Fsp3) is 0.217. The predicted octanol–water partition coefficient (Wildman–Crippen LogP) is 2.05. The minimum Gasteiger partial charge on any atom is -0.368 e. The molecule has 0 unspecified atom stereocenters. The van der Waals surface area contributed by atoms with Crippen molar-refractivity contribution in [3.05, 3.63) is 83.0 Å². The molecule has 32 heavy (non-hydrogen) atoms. The van der Waals surface area contributed by atoms with Gasteiger partial charge in [-0.1, -0.05) is 30.3 Å². The molecule has 0 bridgehead atoms. The first-order chi connectivity index (χ1) is 15.6. The van der Waals surface area contributed by atoms with Crippen LogP contribution in [0.2, 0.25) is 0 Å². The Labute approximate surface area is 183 Å². The third-order valence-electron chi connectivity index (χ3n) is 5.62. The number of anilines is 1. The van der Waals surface area contributed by atoms with Crippen LogP contribution in [0.25, 0.3) is 16.9 Å². The van der Waals surface area contributed by atoms with Gasteiger partial charge in [0.05, 0.1) is 5.69 Å². The van der Waals surface area contributed by atoms with Gasteiger partial charge >= 0.3 is 5.69 Å². The highest BCUT2D eigenvalue weighted by Crippen LogP contribution is 2.17. The van der Waals surface area contributed by atoms with Crippen LogP contribution in [0.4, 0.5) is 10.1 Å². The molecule has 5 rings (SSSR count). The monoisotopic (exact) mass is 432 g/mol. The van der Waals surface area contributed by atoms with E-state index in [1.807, 2.05) is 30.3 Å². The van der Waals surface area contributed by atoms with Gasteiger partial charge in [-0.2, -0.15) is 9.61 Å². The van der Waals surface area contributed by atoms with Gasteiger partial charge in [-0.3, -0.25) is 4.79 Å². The van der Waals surface area contributed by atoms with Crippen molar-refractivity contribution in [1.29, 1.82) is 0 Å². The van der Waals surface area contributed by atoms with E-state index in [0.717, 1.165) is 15.9 Å². The largest absolute Gasteiger partial charge is 0.368 e. The molecule has 1 saturated heterocycles. The van der Waals surface area contributed by atoms with Gasteiger partial charge in [0.15, 0.2) is 5.65 Å². The van der Waals surface area contributed by atoms with Crippen LogP contribution in [0.15, 0.2) is 71.5 Å². The van der Waals surface area contributed by atoms with Gasteiger partial charge in [0.1, 0.15) is 12.4 Å². The van der Waals surface area contributed by atoms with E-state index in [0.29, 0.717) is 37.5 Å². The zero-order valence-electron chi connectivity index (χ0n) is 17.3. The first-order valence-corrected chi connectivity index (χ1v) is 10.4. The van der Waals surface area contributed by atoms with Crippen LogP contribution in [0.5, 0.6) is 0 Å². The number of aromatic nitrogens is 4. The quantitative estimate of drug-likeness (QED) is 0.493. The SMILES string of the molecule is O=C(Cn1nc2ccc(-c3ccccc3)nn2c1=O)N1CCN(c2ccc(F)cc2)CC1. The van der Waals surface area contributed by atoms with E-state index >= 15 is 0 Å². The molecule has 9 heteroatoms. The van der Waals surface area contributed by atoms with Crippen molar-refractivity contribution in [2.24, 2.45) is 0 Å². The highest BCUT2D eigenvalue weighted by Gasteiger charge is 2.23. The molecule has 1 aliphatic rings. The highest BCUT2D eigenvalue weighted by molar-refractivity contribution is 5.76. The average molecular weight is 432 g/mol. The number of nitrogens with zero attached hydrogens (tertiary/aromatic N) is 6. The van der Waals surface area contributed by atoms with E-state index in [4.69, 9.17) is 0 Å². The number of carbonyl (C=O) groups excluding carboxylic acids is 1. The molecular formula is C23H21FN6O2. The Kier molecular flexibility index (Phi) is 5.14. The summed E-state index contributed by atoms with van der Waals surface area (Å²) in [5, 5.41) is 8.66. The average Bonchev–Trinajstić information content (AvgIpc) is 3.14. The smallest absolute Gasteiger partial charge is 0.367 e. The summed E-state index contributed by atoms with van der Waals surface area (Å²) in [4.78, 5) is 29.4. The van der Waals surface area contributed by atoms with Crippen LogP contribution >= 0.6 is 0 Å². The van der Waals surface area contributed by atoms with Crippen LogP contribution in [0.1, 0.15) is 0 Å². The normalized spacial score (nSPS) is 14.2. The second kappa shape index (κ2) is 8.26. The number of halogens is 1. The summed E-state index contributed by atoms with van der Waals surface area (Å²) in [6.45, 7) is 2.18. The van der Waals surface area contributed by atoms with Crippen LogP contribution in [0.3, 0.4) is 0 Å².